The Morgan fingerprint density at radius 1 is 1.16 bits per heavy atom. The fraction of sp³-hybridized carbons (Fsp3) is 0.118. The van der Waals surface area contributed by atoms with Crippen molar-refractivity contribution in [2.24, 2.45) is 5.16 Å². The van der Waals surface area contributed by atoms with Gasteiger partial charge < -0.3 is 9.57 Å². The zero-order valence-corrected chi connectivity index (χ0v) is 14.1. The van der Waals surface area contributed by atoms with Gasteiger partial charge in [-0.1, -0.05) is 22.8 Å². The smallest absolute Gasteiger partial charge is 0.279 e. The molecule has 0 aliphatic rings. The zero-order valence-electron chi connectivity index (χ0n) is 13.4. The number of carbonyl (C=O) groups is 2. The van der Waals surface area contributed by atoms with Crippen molar-refractivity contribution in [1.82, 2.24) is 10.9 Å². The maximum Gasteiger partial charge on any atom is 0.279 e. The number of carbonyl (C=O) groups excluding carboxylic acids is 2. The molecule has 0 atom stereocenters. The van der Waals surface area contributed by atoms with Crippen LogP contribution in [-0.4, -0.2) is 31.7 Å². The van der Waals surface area contributed by atoms with Crippen LogP contribution in [0.5, 0.6) is 5.75 Å². The quantitative estimate of drug-likeness (QED) is 0.609. The van der Waals surface area contributed by atoms with Crippen LogP contribution in [-0.2, 0) is 9.63 Å². The van der Waals surface area contributed by atoms with E-state index < -0.39 is 11.8 Å². The molecule has 0 aliphatic heterocycles. The van der Waals surface area contributed by atoms with Crippen LogP contribution in [0.25, 0.3) is 0 Å². The molecule has 2 rings (SSSR count). The number of benzene rings is 2. The summed E-state index contributed by atoms with van der Waals surface area (Å²) in [5.41, 5.74) is 5.58. The van der Waals surface area contributed by atoms with Gasteiger partial charge in [-0.05, 0) is 48.0 Å². The fourth-order valence-corrected chi connectivity index (χ4v) is 1.94. The summed E-state index contributed by atoms with van der Waals surface area (Å²) in [6.07, 6.45) is 1.46. The highest BCUT2D eigenvalue weighted by atomic mass is 35.5. The van der Waals surface area contributed by atoms with Gasteiger partial charge in [-0.25, -0.2) is 0 Å². The monoisotopic (exact) mass is 361 g/mol. The van der Waals surface area contributed by atoms with Crippen molar-refractivity contribution in [2.45, 2.75) is 0 Å². The first-order valence-electron chi connectivity index (χ1n) is 7.22. The average Bonchev–Trinajstić information content (AvgIpc) is 2.63. The van der Waals surface area contributed by atoms with Crippen LogP contribution in [0.15, 0.2) is 53.7 Å². The van der Waals surface area contributed by atoms with Crippen LogP contribution in [0.1, 0.15) is 15.9 Å². The van der Waals surface area contributed by atoms with E-state index >= 15 is 0 Å². The van der Waals surface area contributed by atoms with Crippen LogP contribution in [0, 0.1) is 0 Å². The molecule has 0 saturated heterocycles. The Morgan fingerprint density at radius 3 is 2.60 bits per heavy atom. The normalized spacial score (nSPS) is 10.3. The van der Waals surface area contributed by atoms with Gasteiger partial charge in [0.1, 0.15) is 5.75 Å². The van der Waals surface area contributed by atoms with E-state index in [2.05, 4.69) is 16.0 Å². The minimum Gasteiger partial charge on any atom is -0.497 e. The predicted molar refractivity (Wildman–Crippen MR) is 93.6 cm³/mol. The van der Waals surface area contributed by atoms with Crippen molar-refractivity contribution in [3.63, 3.8) is 0 Å². The highest BCUT2D eigenvalue weighted by Crippen LogP contribution is 2.10. The molecule has 0 unspecified atom stereocenters. The third-order valence-electron chi connectivity index (χ3n) is 2.99. The van der Waals surface area contributed by atoms with Gasteiger partial charge in [0.15, 0.2) is 6.61 Å². The maximum atomic E-state index is 11.8. The first-order valence-corrected chi connectivity index (χ1v) is 7.60. The molecular formula is C17H16ClN3O4. The van der Waals surface area contributed by atoms with Gasteiger partial charge in [0.05, 0.1) is 13.3 Å². The number of ether oxygens (including phenoxy) is 1. The van der Waals surface area contributed by atoms with Crippen molar-refractivity contribution >= 4 is 29.6 Å². The lowest BCUT2D eigenvalue weighted by atomic mass is 10.2. The number of methoxy groups -OCH3 is 1. The molecule has 2 N–H and O–H groups in total. The second-order valence-electron chi connectivity index (χ2n) is 4.79. The molecule has 7 nitrogen and oxygen atoms in total. The molecule has 0 heterocycles. The molecule has 0 aliphatic carbocycles. The molecule has 2 amide bonds. The highest BCUT2D eigenvalue weighted by molar-refractivity contribution is 6.30. The van der Waals surface area contributed by atoms with Gasteiger partial charge in [0.2, 0.25) is 0 Å². The molecule has 25 heavy (non-hydrogen) atoms. The molecular weight excluding hydrogens is 346 g/mol. The van der Waals surface area contributed by atoms with Crippen LogP contribution < -0.4 is 15.6 Å². The first kappa shape index (κ1) is 18.3. The molecule has 0 radical (unpaired) electrons. The molecule has 0 fully saturated rings. The Bertz CT molecular complexity index is 763. The number of oxime groups is 1. The molecule has 0 bridgehead atoms. The lowest BCUT2D eigenvalue weighted by Gasteiger charge is -2.06. The maximum absolute atomic E-state index is 11.8. The third-order valence-corrected chi connectivity index (χ3v) is 3.23. The summed E-state index contributed by atoms with van der Waals surface area (Å²) in [6, 6.07) is 13.5. The molecule has 8 heteroatoms. The number of amides is 2. The highest BCUT2D eigenvalue weighted by Gasteiger charge is 2.07. The number of nitrogens with zero attached hydrogens (tertiary/aromatic N) is 1. The van der Waals surface area contributed by atoms with Crippen molar-refractivity contribution in [2.75, 3.05) is 13.7 Å². The van der Waals surface area contributed by atoms with Crippen molar-refractivity contribution in [3.05, 3.63) is 64.7 Å². The number of halogens is 1. The van der Waals surface area contributed by atoms with E-state index in [1.54, 1.807) is 49.6 Å². The van der Waals surface area contributed by atoms with E-state index in [4.69, 9.17) is 21.2 Å². The summed E-state index contributed by atoms with van der Waals surface area (Å²) in [6.45, 7) is -0.345. The Morgan fingerprint density at radius 2 is 1.92 bits per heavy atom. The van der Waals surface area contributed by atoms with E-state index in [1.807, 2.05) is 0 Å². The third kappa shape index (κ3) is 6.15. The summed E-state index contributed by atoms with van der Waals surface area (Å²) in [7, 11) is 1.58. The van der Waals surface area contributed by atoms with Gasteiger partial charge in [0.25, 0.3) is 11.8 Å². The second-order valence-corrected chi connectivity index (χ2v) is 5.23. The van der Waals surface area contributed by atoms with Crippen LogP contribution in [0.2, 0.25) is 5.02 Å². The van der Waals surface area contributed by atoms with E-state index in [0.717, 1.165) is 11.3 Å². The van der Waals surface area contributed by atoms with Crippen molar-refractivity contribution < 1.29 is 19.2 Å². The van der Waals surface area contributed by atoms with Gasteiger partial charge in [-0.15, -0.1) is 0 Å². The van der Waals surface area contributed by atoms with Gasteiger partial charge >= 0.3 is 0 Å². The van der Waals surface area contributed by atoms with Gasteiger partial charge in [-0.3, -0.25) is 20.4 Å². The predicted octanol–water partition coefficient (Wildman–Crippen LogP) is 2.16. The number of hydrogen-bond donors (Lipinski definition) is 2. The minimum absolute atomic E-state index is 0.325. The van der Waals surface area contributed by atoms with E-state index in [1.165, 1.54) is 12.3 Å². The molecule has 130 valence electrons. The van der Waals surface area contributed by atoms with E-state index in [0.29, 0.717) is 10.6 Å². The number of rotatable bonds is 6. The number of hydrazine groups is 1. The van der Waals surface area contributed by atoms with E-state index in [-0.39, 0.29) is 6.61 Å². The summed E-state index contributed by atoms with van der Waals surface area (Å²) in [5, 5.41) is 4.10. The summed E-state index contributed by atoms with van der Waals surface area (Å²) >= 11 is 5.79. The largest absolute Gasteiger partial charge is 0.497 e. The molecule has 2 aromatic carbocycles. The number of hydrogen-bond acceptors (Lipinski definition) is 5. The van der Waals surface area contributed by atoms with Gasteiger partial charge in [0, 0.05) is 10.6 Å². The average molecular weight is 362 g/mol. The summed E-state index contributed by atoms with van der Waals surface area (Å²) in [4.78, 5) is 28.2. The lowest BCUT2D eigenvalue weighted by Crippen LogP contribution is -2.43. The van der Waals surface area contributed by atoms with E-state index in [9.17, 15) is 9.59 Å². The topological polar surface area (TPSA) is 89.0 Å². The zero-order chi connectivity index (χ0) is 18.1. The minimum atomic E-state index is -0.553. The summed E-state index contributed by atoms with van der Waals surface area (Å²) in [5.74, 6) is -0.312. The van der Waals surface area contributed by atoms with Crippen molar-refractivity contribution in [3.8, 4) is 5.75 Å². The van der Waals surface area contributed by atoms with Crippen LogP contribution >= 0.6 is 11.6 Å². The molecule has 2 aromatic rings. The Labute approximate surface area is 149 Å². The molecule has 0 aromatic heterocycles. The lowest BCUT2D eigenvalue weighted by molar-refractivity contribution is -0.126. The summed E-state index contributed by atoms with van der Waals surface area (Å²) < 4.78 is 5.04. The Kier molecular flexibility index (Phi) is 6.79. The molecule has 0 saturated carbocycles. The molecule has 0 spiro atoms. The van der Waals surface area contributed by atoms with Crippen LogP contribution in [0.4, 0.5) is 0 Å². The standard InChI is InChI=1S/C17H16ClN3O4/c1-24-15-7-5-12(6-8-15)10-19-25-11-16(22)20-21-17(23)13-3-2-4-14(18)9-13/h2-10H,11H2,1H3,(H,20,22)(H,21,23)/b19-10-. The fourth-order valence-electron chi connectivity index (χ4n) is 1.75. The van der Waals surface area contributed by atoms with Gasteiger partial charge in [-0.2, -0.15) is 0 Å². The SMILES string of the molecule is COc1ccc(/C=N\OCC(=O)NNC(=O)c2cccc(Cl)c2)cc1. The van der Waals surface area contributed by atoms with Crippen LogP contribution in [0.3, 0.4) is 0 Å². The Balaban J connectivity index is 1.71. The number of nitrogens with one attached hydrogen (secondary N) is 2. The first-order chi connectivity index (χ1) is 12.1. The van der Waals surface area contributed by atoms with Crippen molar-refractivity contribution in [1.29, 1.82) is 0 Å². The Hall–Kier alpha value is -3.06. The second kappa shape index (κ2) is 9.29.